The number of aliphatic hydroxyl groups excluding tert-OH is 1. The summed E-state index contributed by atoms with van der Waals surface area (Å²) in [5, 5.41) is 9.12. The molecule has 1 fully saturated rings. The predicted octanol–water partition coefficient (Wildman–Crippen LogP) is 0.0363. The molecule has 0 aromatic rings. The Kier molecular flexibility index (Phi) is 3.50. The molecule has 0 aliphatic carbocycles. The van der Waals surface area contributed by atoms with Crippen molar-refractivity contribution in [1.82, 2.24) is 4.90 Å². The highest BCUT2D eigenvalue weighted by Crippen LogP contribution is 2.18. The Morgan fingerprint density at radius 3 is 2.67 bits per heavy atom. The molecule has 1 heterocycles. The summed E-state index contributed by atoms with van der Waals surface area (Å²) >= 11 is 0. The third-order valence-electron chi connectivity index (χ3n) is 2.72. The van der Waals surface area contributed by atoms with Gasteiger partial charge >= 0.3 is 0 Å². The van der Waals surface area contributed by atoms with Crippen LogP contribution in [0, 0.1) is 5.92 Å². The maximum Gasteiger partial charge on any atom is 0.0601 e. The second-order valence-corrected chi connectivity index (χ2v) is 4.00. The number of nitrogens with two attached hydrogens (primary N) is 1. The number of hydrogen-bond acceptors (Lipinski definition) is 3. The molecule has 1 aliphatic heterocycles. The van der Waals surface area contributed by atoms with Gasteiger partial charge in [-0.15, -0.1) is 0 Å². The van der Waals surface area contributed by atoms with Crippen molar-refractivity contribution >= 4 is 0 Å². The van der Waals surface area contributed by atoms with Gasteiger partial charge in [0, 0.05) is 18.6 Å². The van der Waals surface area contributed by atoms with Gasteiger partial charge in [0.1, 0.15) is 0 Å². The molecule has 3 atom stereocenters. The van der Waals surface area contributed by atoms with Crippen molar-refractivity contribution in [3.05, 3.63) is 0 Å². The molecule has 72 valence electrons. The number of nitrogens with zero attached hydrogens (tertiary/aromatic N) is 1. The van der Waals surface area contributed by atoms with Gasteiger partial charge in [0.05, 0.1) is 6.61 Å². The molecule has 1 aliphatic rings. The maximum absolute atomic E-state index is 9.12. The predicted molar refractivity (Wildman–Crippen MR) is 49.9 cm³/mol. The molecule has 0 saturated carbocycles. The second-order valence-electron chi connectivity index (χ2n) is 4.00. The standard InChI is InChI=1S/C9H20N2O/c1-7-3-4-11(5-7)9(6-12)8(2)10/h7-9,12H,3-6,10H2,1-2H3. The van der Waals surface area contributed by atoms with Gasteiger partial charge in [-0.05, 0) is 25.8 Å². The van der Waals surface area contributed by atoms with Crippen LogP contribution in [0.3, 0.4) is 0 Å². The van der Waals surface area contributed by atoms with Crippen LogP contribution in [0.1, 0.15) is 20.3 Å². The van der Waals surface area contributed by atoms with Crippen LogP contribution >= 0.6 is 0 Å². The number of likely N-dealkylation sites (tertiary alicyclic amines) is 1. The lowest BCUT2D eigenvalue weighted by molar-refractivity contribution is 0.127. The Morgan fingerprint density at radius 2 is 2.33 bits per heavy atom. The summed E-state index contributed by atoms with van der Waals surface area (Å²) in [6.07, 6.45) is 1.24. The SMILES string of the molecule is CC1CCN(C(CO)C(C)N)C1. The monoisotopic (exact) mass is 172 g/mol. The van der Waals surface area contributed by atoms with Crippen molar-refractivity contribution in [1.29, 1.82) is 0 Å². The lowest BCUT2D eigenvalue weighted by Crippen LogP contribution is -2.47. The molecule has 0 aromatic heterocycles. The Hall–Kier alpha value is -0.120. The van der Waals surface area contributed by atoms with Gasteiger partial charge in [0.2, 0.25) is 0 Å². The van der Waals surface area contributed by atoms with Crippen LogP contribution in [0.2, 0.25) is 0 Å². The molecule has 0 spiro atoms. The highest BCUT2D eigenvalue weighted by Gasteiger charge is 2.27. The average molecular weight is 172 g/mol. The van der Waals surface area contributed by atoms with E-state index in [9.17, 15) is 0 Å². The molecule has 3 heteroatoms. The van der Waals surface area contributed by atoms with Gasteiger partial charge in [-0.3, -0.25) is 4.90 Å². The summed E-state index contributed by atoms with van der Waals surface area (Å²) in [4.78, 5) is 2.30. The minimum atomic E-state index is 0.0697. The minimum absolute atomic E-state index is 0.0697. The second kappa shape index (κ2) is 4.21. The summed E-state index contributed by atoms with van der Waals surface area (Å²) in [7, 11) is 0. The van der Waals surface area contributed by atoms with Crippen LogP contribution in [0.15, 0.2) is 0 Å². The molecular formula is C9H20N2O. The fourth-order valence-corrected chi connectivity index (χ4v) is 1.88. The largest absolute Gasteiger partial charge is 0.395 e. The summed E-state index contributed by atoms with van der Waals surface area (Å²) < 4.78 is 0. The van der Waals surface area contributed by atoms with Crippen molar-refractivity contribution in [2.24, 2.45) is 11.7 Å². The van der Waals surface area contributed by atoms with Crippen LogP contribution in [0.5, 0.6) is 0 Å². The number of aliphatic hydroxyl groups is 1. The van der Waals surface area contributed by atoms with Crippen LogP contribution in [-0.4, -0.2) is 41.8 Å². The first-order valence-electron chi connectivity index (χ1n) is 4.75. The summed E-state index contributed by atoms with van der Waals surface area (Å²) in [6.45, 7) is 6.57. The fourth-order valence-electron chi connectivity index (χ4n) is 1.88. The first-order chi connectivity index (χ1) is 5.65. The van der Waals surface area contributed by atoms with Gasteiger partial charge in [-0.2, -0.15) is 0 Å². The van der Waals surface area contributed by atoms with Crippen LogP contribution in [0.4, 0.5) is 0 Å². The molecule has 1 saturated heterocycles. The van der Waals surface area contributed by atoms with Crippen LogP contribution in [-0.2, 0) is 0 Å². The van der Waals surface area contributed by atoms with Crippen molar-refractivity contribution in [3.63, 3.8) is 0 Å². The van der Waals surface area contributed by atoms with Gasteiger partial charge in [0.25, 0.3) is 0 Å². The summed E-state index contributed by atoms with van der Waals surface area (Å²) in [5.74, 6) is 0.762. The summed E-state index contributed by atoms with van der Waals surface area (Å²) in [6, 6.07) is 0.232. The number of rotatable bonds is 3. The van der Waals surface area contributed by atoms with Gasteiger partial charge in [-0.1, -0.05) is 6.92 Å². The van der Waals surface area contributed by atoms with Crippen molar-refractivity contribution in [2.75, 3.05) is 19.7 Å². The molecule has 12 heavy (non-hydrogen) atoms. The molecular weight excluding hydrogens is 152 g/mol. The van der Waals surface area contributed by atoms with Crippen LogP contribution < -0.4 is 5.73 Å². The molecule has 0 amide bonds. The highest BCUT2D eigenvalue weighted by atomic mass is 16.3. The topological polar surface area (TPSA) is 49.5 Å². The molecule has 0 bridgehead atoms. The zero-order chi connectivity index (χ0) is 9.14. The molecule has 1 rings (SSSR count). The van der Waals surface area contributed by atoms with Gasteiger partial charge < -0.3 is 10.8 Å². The lowest BCUT2D eigenvalue weighted by atomic mass is 10.1. The quantitative estimate of drug-likeness (QED) is 0.632. The highest BCUT2D eigenvalue weighted by molar-refractivity contribution is 4.83. The van der Waals surface area contributed by atoms with E-state index in [0.29, 0.717) is 0 Å². The first-order valence-corrected chi connectivity index (χ1v) is 4.75. The van der Waals surface area contributed by atoms with Crippen molar-refractivity contribution < 1.29 is 5.11 Å². The van der Waals surface area contributed by atoms with E-state index in [0.717, 1.165) is 19.0 Å². The molecule has 3 N–H and O–H groups in total. The van der Waals surface area contributed by atoms with Crippen LogP contribution in [0.25, 0.3) is 0 Å². The Labute approximate surface area is 74.5 Å². The van der Waals surface area contributed by atoms with E-state index in [1.807, 2.05) is 6.92 Å². The minimum Gasteiger partial charge on any atom is -0.395 e. The molecule has 0 aromatic carbocycles. The van der Waals surface area contributed by atoms with Crippen molar-refractivity contribution in [2.45, 2.75) is 32.4 Å². The first kappa shape index (κ1) is 9.96. The maximum atomic E-state index is 9.12. The van der Waals surface area contributed by atoms with E-state index < -0.39 is 0 Å². The Balaban J connectivity index is 2.44. The molecule has 3 nitrogen and oxygen atoms in total. The summed E-state index contributed by atoms with van der Waals surface area (Å²) in [5.41, 5.74) is 5.77. The fraction of sp³-hybridized carbons (Fsp3) is 1.00. The van der Waals surface area contributed by atoms with E-state index in [4.69, 9.17) is 10.8 Å². The normalized spacial score (nSPS) is 30.5. The average Bonchev–Trinajstić information content (AvgIpc) is 2.37. The van der Waals surface area contributed by atoms with E-state index in [1.165, 1.54) is 6.42 Å². The van der Waals surface area contributed by atoms with E-state index in [1.54, 1.807) is 0 Å². The molecule has 3 unspecified atom stereocenters. The lowest BCUT2D eigenvalue weighted by Gasteiger charge is -2.28. The van der Waals surface area contributed by atoms with Gasteiger partial charge in [-0.25, -0.2) is 0 Å². The third-order valence-corrected chi connectivity index (χ3v) is 2.72. The van der Waals surface area contributed by atoms with Gasteiger partial charge in [0.15, 0.2) is 0 Å². The Morgan fingerprint density at radius 1 is 1.67 bits per heavy atom. The molecule has 0 radical (unpaired) electrons. The smallest absolute Gasteiger partial charge is 0.0601 e. The van der Waals surface area contributed by atoms with E-state index in [-0.39, 0.29) is 18.7 Å². The van der Waals surface area contributed by atoms with E-state index >= 15 is 0 Å². The zero-order valence-corrected chi connectivity index (χ0v) is 8.03. The third kappa shape index (κ3) is 2.19. The number of hydrogen-bond donors (Lipinski definition) is 2. The van der Waals surface area contributed by atoms with E-state index in [2.05, 4.69) is 11.8 Å². The van der Waals surface area contributed by atoms with Crippen molar-refractivity contribution in [3.8, 4) is 0 Å². The Bertz CT molecular complexity index is 138. The zero-order valence-electron chi connectivity index (χ0n) is 8.03.